The standard InChI is InChI=1S/C9H7N3O/c13-6-12-9-8-7(3-5-11-9)2-1-4-10-8/h1-6H,(H,11,12,13). The molecule has 64 valence electrons. The summed E-state index contributed by atoms with van der Waals surface area (Å²) >= 11 is 0. The van der Waals surface area contributed by atoms with E-state index in [1.54, 1.807) is 12.4 Å². The summed E-state index contributed by atoms with van der Waals surface area (Å²) in [6.45, 7) is 0. The quantitative estimate of drug-likeness (QED) is 0.694. The van der Waals surface area contributed by atoms with Crippen molar-refractivity contribution in [2.75, 3.05) is 5.32 Å². The fraction of sp³-hybridized carbons (Fsp3) is 0. The topological polar surface area (TPSA) is 54.9 Å². The summed E-state index contributed by atoms with van der Waals surface area (Å²) in [5, 5.41) is 3.46. The number of nitrogens with one attached hydrogen (secondary N) is 1. The third-order valence-electron chi connectivity index (χ3n) is 1.72. The number of fused-ring (bicyclic) bond motifs is 1. The molecule has 13 heavy (non-hydrogen) atoms. The number of anilines is 1. The van der Waals surface area contributed by atoms with Crippen molar-refractivity contribution < 1.29 is 4.79 Å². The van der Waals surface area contributed by atoms with Crippen LogP contribution in [0, 0.1) is 0 Å². The SMILES string of the molecule is O=CNc1nccc2cccnc12. The summed E-state index contributed by atoms with van der Waals surface area (Å²) in [6.07, 6.45) is 3.90. The van der Waals surface area contributed by atoms with Crippen LogP contribution in [0.15, 0.2) is 30.6 Å². The van der Waals surface area contributed by atoms with Crippen LogP contribution in [0.25, 0.3) is 10.9 Å². The van der Waals surface area contributed by atoms with Gasteiger partial charge in [-0.15, -0.1) is 0 Å². The van der Waals surface area contributed by atoms with Crippen LogP contribution in [0.3, 0.4) is 0 Å². The van der Waals surface area contributed by atoms with Crippen molar-refractivity contribution in [3.05, 3.63) is 30.6 Å². The molecule has 0 saturated carbocycles. The molecule has 0 aliphatic carbocycles. The Hall–Kier alpha value is -1.97. The zero-order valence-electron chi connectivity index (χ0n) is 6.77. The Balaban J connectivity index is 2.68. The van der Waals surface area contributed by atoms with E-state index >= 15 is 0 Å². The van der Waals surface area contributed by atoms with Gasteiger partial charge in [0.1, 0.15) is 5.52 Å². The van der Waals surface area contributed by atoms with Crippen molar-refractivity contribution in [1.29, 1.82) is 0 Å². The van der Waals surface area contributed by atoms with E-state index in [9.17, 15) is 4.79 Å². The molecule has 0 aromatic carbocycles. The highest BCUT2D eigenvalue weighted by atomic mass is 16.1. The van der Waals surface area contributed by atoms with Gasteiger partial charge < -0.3 is 5.32 Å². The molecule has 0 aliphatic rings. The number of pyridine rings is 2. The van der Waals surface area contributed by atoms with Crippen molar-refractivity contribution in [2.24, 2.45) is 0 Å². The van der Waals surface area contributed by atoms with Gasteiger partial charge in [-0.3, -0.25) is 9.78 Å². The highest BCUT2D eigenvalue weighted by Gasteiger charge is 2.00. The second-order valence-electron chi connectivity index (χ2n) is 2.50. The van der Waals surface area contributed by atoms with Crippen LogP contribution in [0.1, 0.15) is 0 Å². The zero-order chi connectivity index (χ0) is 9.10. The minimum Gasteiger partial charge on any atom is -0.312 e. The fourth-order valence-corrected chi connectivity index (χ4v) is 1.16. The summed E-state index contributed by atoms with van der Waals surface area (Å²) in [5.74, 6) is 0.494. The van der Waals surface area contributed by atoms with Crippen molar-refractivity contribution in [3.63, 3.8) is 0 Å². The second-order valence-corrected chi connectivity index (χ2v) is 2.50. The van der Waals surface area contributed by atoms with E-state index in [0.29, 0.717) is 17.7 Å². The number of aromatic nitrogens is 2. The first kappa shape index (κ1) is 7.67. The van der Waals surface area contributed by atoms with Gasteiger partial charge in [0.15, 0.2) is 5.82 Å². The second kappa shape index (κ2) is 3.18. The highest BCUT2D eigenvalue weighted by molar-refractivity contribution is 5.91. The molecule has 0 fully saturated rings. The maximum Gasteiger partial charge on any atom is 0.212 e. The summed E-state index contributed by atoms with van der Waals surface area (Å²) in [7, 11) is 0. The number of hydrogen-bond acceptors (Lipinski definition) is 3. The van der Waals surface area contributed by atoms with E-state index < -0.39 is 0 Å². The molecule has 2 aromatic rings. The molecule has 4 heteroatoms. The van der Waals surface area contributed by atoms with Gasteiger partial charge in [0, 0.05) is 17.8 Å². The first-order valence-corrected chi connectivity index (χ1v) is 3.82. The molecule has 2 heterocycles. The smallest absolute Gasteiger partial charge is 0.212 e. The van der Waals surface area contributed by atoms with Crippen molar-refractivity contribution >= 4 is 23.1 Å². The van der Waals surface area contributed by atoms with E-state index in [0.717, 1.165) is 5.39 Å². The summed E-state index contributed by atoms with van der Waals surface area (Å²) < 4.78 is 0. The molecule has 2 rings (SSSR count). The van der Waals surface area contributed by atoms with E-state index in [2.05, 4.69) is 15.3 Å². The lowest BCUT2D eigenvalue weighted by Gasteiger charge is -2.00. The van der Waals surface area contributed by atoms with E-state index in [1.807, 2.05) is 18.2 Å². The number of nitrogens with zero attached hydrogens (tertiary/aromatic N) is 2. The van der Waals surface area contributed by atoms with Crippen LogP contribution < -0.4 is 5.32 Å². The van der Waals surface area contributed by atoms with Gasteiger partial charge >= 0.3 is 0 Å². The largest absolute Gasteiger partial charge is 0.312 e. The molecule has 0 radical (unpaired) electrons. The Bertz CT molecular complexity index is 436. The van der Waals surface area contributed by atoms with E-state index in [1.165, 1.54) is 0 Å². The minimum absolute atomic E-state index is 0.494. The molecule has 0 saturated heterocycles. The van der Waals surface area contributed by atoms with E-state index in [4.69, 9.17) is 0 Å². The van der Waals surface area contributed by atoms with Gasteiger partial charge in [-0.25, -0.2) is 4.98 Å². The molecular weight excluding hydrogens is 166 g/mol. The van der Waals surface area contributed by atoms with Crippen LogP contribution in [0.2, 0.25) is 0 Å². The first-order chi connectivity index (χ1) is 6.42. The zero-order valence-corrected chi connectivity index (χ0v) is 6.77. The normalized spacial score (nSPS) is 9.85. The number of carbonyl (C=O) groups excluding carboxylic acids is 1. The predicted molar refractivity (Wildman–Crippen MR) is 49.2 cm³/mol. The molecule has 0 unspecified atom stereocenters. The Kier molecular flexibility index (Phi) is 1.88. The molecule has 4 nitrogen and oxygen atoms in total. The third kappa shape index (κ3) is 1.33. The van der Waals surface area contributed by atoms with Gasteiger partial charge in [0.2, 0.25) is 6.41 Å². The molecule has 0 atom stereocenters. The average Bonchev–Trinajstić information content (AvgIpc) is 2.19. The molecule has 0 bridgehead atoms. The van der Waals surface area contributed by atoms with Crippen LogP contribution >= 0.6 is 0 Å². The molecule has 0 aliphatic heterocycles. The average molecular weight is 173 g/mol. The van der Waals surface area contributed by atoms with Crippen molar-refractivity contribution in [3.8, 4) is 0 Å². The van der Waals surface area contributed by atoms with Gasteiger partial charge in [-0.1, -0.05) is 6.07 Å². The van der Waals surface area contributed by atoms with Gasteiger partial charge in [-0.2, -0.15) is 0 Å². The third-order valence-corrected chi connectivity index (χ3v) is 1.72. The lowest BCUT2D eigenvalue weighted by atomic mass is 10.2. The maximum absolute atomic E-state index is 10.2. The minimum atomic E-state index is 0.494. The van der Waals surface area contributed by atoms with Crippen LogP contribution in [0.5, 0.6) is 0 Å². The summed E-state index contributed by atoms with van der Waals surface area (Å²) in [6, 6.07) is 5.60. The Morgan fingerprint density at radius 1 is 1.23 bits per heavy atom. The fourth-order valence-electron chi connectivity index (χ4n) is 1.16. The lowest BCUT2D eigenvalue weighted by molar-refractivity contribution is -0.105. The van der Waals surface area contributed by atoms with Crippen LogP contribution in [0.4, 0.5) is 5.82 Å². The van der Waals surface area contributed by atoms with Crippen molar-refractivity contribution in [1.82, 2.24) is 9.97 Å². The lowest BCUT2D eigenvalue weighted by Crippen LogP contribution is -1.98. The Morgan fingerprint density at radius 3 is 3.00 bits per heavy atom. The number of rotatable bonds is 2. The molecule has 0 spiro atoms. The predicted octanol–water partition coefficient (Wildman–Crippen LogP) is 1.20. The first-order valence-electron chi connectivity index (χ1n) is 3.82. The van der Waals surface area contributed by atoms with Crippen LogP contribution in [-0.4, -0.2) is 16.4 Å². The summed E-state index contributed by atoms with van der Waals surface area (Å²) in [4.78, 5) is 18.3. The Morgan fingerprint density at radius 2 is 2.15 bits per heavy atom. The number of amides is 1. The number of hydrogen-bond donors (Lipinski definition) is 1. The monoisotopic (exact) mass is 173 g/mol. The molecular formula is C9H7N3O. The summed E-state index contributed by atoms with van der Waals surface area (Å²) in [5.41, 5.74) is 0.706. The van der Waals surface area contributed by atoms with Crippen LogP contribution in [-0.2, 0) is 4.79 Å². The Labute approximate surface area is 74.6 Å². The van der Waals surface area contributed by atoms with Gasteiger partial charge in [0.05, 0.1) is 0 Å². The molecule has 1 amide bonds. The maximum atomic E-state index is 10.2. The highest BCUT2D eigenvalue weighted by Crippen LogP contribution is 2.16. The van der Waals surface area contributed by atoms with Gasteiger partial charge in [-0.05, 0) is 12.1 Å². The molecule has 2 aromatic heterocycles. The van der Waals surface area contributed by atoms with E-state index in [-0.39, 0.29) is 0 Å². The van der Waals surface area contributed by atoms with Gasteiger partial charge in [0.25, 0.3) is 0 Å². The van der Waals surface area contributed by atoms with Crippen molar-refractivity contribution in [2.45, 2.75) is 0 Å². The molecule has 1 N–H and O–H groups in total. The number of carbonyl (C=O) groups is 1.